The largest absolute Gasteiger partial charge is 0.493 e. The number of halogens is 1. The molecule has 4 heteroatoms. The van der Waals surface area contributed by atoms with Crippen LogP contribution in [-0.2, 0) is 0 Å². The first-order chi connectivity index (χ1) is 11.2. The summed E-state index contributed by atoms with van der Waals surface area (Å²) in [6.45, 7) is 0.748. The molecule has 1 aliphatic carbocycles. The van der Waals surface area contributed by atoms with Crippen LogP contribution >= 0.6 is 0 Å². The highest BCUT2D eigenvalue weighted by molar-refractivity contribution is 5.85. The molecule has 3 nitrogen and oxygen atoms in total. The average Bonchev–Trinajstić information content (AvgIpc) is 3.30. The molecule has 0 unspecified atom stereocenters. The van der Waals surface area contributed by atoms with Crippen molar-refractivity contribution >= 4 is 17.3 Å². The summed E-state index contributed by atoms with van der Waals surface area (Å²) < 4.78 is 25.6. The summed E-state index contributed by atoms with van der Waals surface area (Å²) in [5.74, 6) is 1.46. The maximum absolute atomic E-state index is 14.1. The lowest BCUT2D eigenvalue weighted by Gasteiger charge is -2.03. The van der Waals surface area contributed by atoms with Crippen LogP contribution in [0.1, 0.15) is 23.2 Å². The van der Waals surface area contributed by atoms with E-state index in [-0.39, 0.29) is 0 Å². The fourth-order valence-electron chi connectivity index (χ4n) is 2.55. The fourth-order valence-corrected chi connectivity index (χ4v) is 2.55. The normalized spacial score (nSPS) is 14.1. The average molecular weight is 310 g/mol. The van der Waals surface area contributed by atoms with Gasteiger partial charge in [0, 0.05) is 10.9 Å². The van der Waals surface area contributed by atoms with E-state index in [0.717, 1.165) is 17.7 Å². The molecular formula is C19H15FO3. The minimum atomic E-state index is -0.473. The molecule has 0 spiro atoms. The molecule has 0 atom stereocenters. The van der Waals surface area contributed by atoms with E-state index in [1.807, 2.05) is 18.2 Å². The molecule has 1 saturated carbocycles. The van der Waals surface area contributed by atoms with Crippen molar-refractivity contribution in [1.29, 1.82) is 0 Å². The van der Waals surface area contributed by atoms with Crippen molar-refractivity contribution in [2.45, 2.75) is 12.8 Å². The molecule has 4 rings (SSSR count). The van der Waals surface area contributed by atoms with Gasteiger partial charge in [-0.25, -0.2) is 4.39 Å². The van der Waals surface area contributed by atoms with Crippen LogP contribution in [0.2, 0.25) is 0 Å². The molecule has 1 aromatic heterocycles. The van der Waals surface area contributed by atoms with Crippen molar-refractivity contribution in [2.75, 3.05) is 6.61 Å². The lowest BCUT2D eigenvalue weighted by molar-refractivity contribution is 0.112. The number of ether oxygens (including phenoxy) is 1. The highest BCUT2D eigenvalue weighted by Gasteiger charge is 2.22. The number of hydrogen-bond acceptors (Lipinski definition) is 3. The van der Waals surface area contributed by atoms with Gasteiger partial charge in [-0.05, 0) is 55.2 Å². The smallest absolute Gasteiger partial charge is 0.150 e. The van der Waals surface area contributed by atoms with Gasteiger partial charge in [0.15, 0.2) is 0 Å². The molecule has 0 N–H and O–H groups in total. The van der Waals surface area contributed by atoms with Crippen molar-refractivity contribution < 1.29 is 18.3 Å². The Morgan fingerprint density at radius 1 is 1.17 bits per heavy atom. The molecule has 3 aromatic rings. The first kappa shape index (κ1) is 14.0. The Bertz CT molecular complexity index is 877. The van der Waals surface area contributed by atoms with Gasteiger partial charge < -0.3 is 9.15 Å². The van der Waals surface area contributed by atoms with Gasteiger partial charge in [0.2, 0.25) is 0 Å². The first-order valence-corrected chi connectivity index (χ1v) is 7.64. The third kappa shape index (κ3) is 2.84. The summed E-state index contributed by atoms with van der Waals surface area (Å²) >= 11 is 0. The van der Waals surface area contributed by atoms with Crippen LogP contribution in [0, 0.1) is 11.7 Å². The molecule has 1 fully saturated rings. The molecule has 0 amide bonds. The predicted octanol–water partition coefficient (Wildman–Crippen LogP) is 4.84. The zero-order valence-corrected chi connectivity index (χ0v) is 12.4. The van der Waals surface area contributed by atoms with Crippen LogP contribution in [0.3, 0.4) is 0 Å². The Balaban J connectivity index is 1.66. The maximum atomic E-state index is 14.1. The summed E-state index contributed by atoms with van der Waals surface area (Å²) in [7, 11) is 0. The third-order valence-electron chi connectivity index (χ3n) is 4.07. The summed E-state index contributed by atoms with van der Waals surface area (Å²) in [6.07, 6.45) is 3.11. The molecule has 1 heterocycles. The predicted molar refractivity (Wildman–Crippen MR) is 85.2 cm³/mol. The number of furan rings is 1. The second-order valence-corrected chi connectivity index (χ2v) is 5.92. The Morgan fingerprint density at radius 3 is 2.78 bits per heavy atom. The van der Waals surface area contributed by atoms with E-state index < -0.39 is 5.82 Å². The number of fused-ring (bicyclic) bond motifs is 1. The molecule has 0 saturated heterocycles. The number of carbonyl (C=O) groups is 1. The zero-order valence-electron chi connectivity index (χ0n) is 12.4. The van der Waals surface area contributed by atoms with Gasteiger partial charge in [0.25, 0.3) is 0 Å². The van der Waals surface area contributed by atoms with Crippen molar-refractivity contribution in [3.05, 3.63) is 53.8 Å². The van der Waals surface area contributed by atoms with Gasteiger partial charge in [-0.2, -0.15) is 0 Å². The van der Waals surface area contributed by atoms with Crippen LogP contribution < -0.4 is 4.74 Å². The fraction of sp³-hybridized carbons (Fsp3) is 0.211. The Morgan fingerprint density at radius 2 is 2.04 bits per heavy atom. The van der Waals surface area contributed by atoms with Crippen molar-refractivity contribution in [3.8, 4) is 17.1 Å². The highest BCUT2D eigenvalue weighted by atomic mass is 19.1. The van der Waals surface area contributed by atoms with E-state index >= 15 is 0 Å². The highest BCUT2D eigenvalue weighted by Crippen LogP contribution is 2.33. The van der Waals surface area contributed by atoms with Crippen LogP contribution in [0.4, 0.5) is 4.39 Å². The van der Waals surface area contributed by atoms with Crippen LogP contribution in [0.5, 0.6) is 5.75 Å². The molecule has 0 aliphatic heterocycles. The summed E-state index contributed by atoms with van der Waals surface area (Å²) in [6, 6.07) is 11.7. The second kappa shape index (κ2) is 5.54. The van der Waals surface area contributed by atoms with Crippen molar-refractivity contribution in [3.63, 3.8) is 0 Å². The minimum absolute atomic E-state index is 0.304. The number of aldehydes is 1. The van der Waals surface area contributed by atoms with Crippen LogP contribution in [0.25, 0.3) is 22.3 Å². The van der Waals surface area contributed by atoms with E-state index in [9.17, 15) is 9.18 Å². The van der Waals surface area contributed by atoms with Gasteiger partial charge in [-0.15, -0.1) is 0 Å². The van der Waals surface area contributed by atoms with Gasteiger partial charge in [0.05, 0.1) is 12.2 Å². The molecule has 0 radical (unpaired) electrons. The second-order valence-electron chi connectivity index (χ2n) is 5.92. The Hall–Kier alpha value is -2.62. The quantitative estimate of drug-likeness (QED) is 0.633. The van der Waals surface area contributed by atoms with E-state index in [1.54, 1.807) is 18.2 Å². The van der Waals surface area contributed by atoms with Gasteiger partial charge >= 0.3 is 0 Å². The van der Waals surface area contributed by atoms with Crippen molar-refractivity contribution in [2.24, 2.45) is 5.92 Å². The summed E-state index contributed by atoms with van der Waals surface area (Å²) in [4.78, 5) is 10.7. The van der Waals surface area contributed by atoms with Crippen LogP contribution in [0.15, 0.2) is 46.9 Å². The molecular weight excluding hydrogens is 295 g/mol. The zero-order chi connectivity index (χ0) is 15.8. The maximum Gasteiger partial charge on any atom is 0.150 e. The number of rotatable bonds is 5. The van der Waals surface area contributed by atoms with Gasteiger partial charge in [0.1, 0.15) is 29.2 Å². The number of hydrogen-bond donors (Lipinski definition) is 0. The van der Waals surface area contributed by atoms with Crippen LogP contribution in [-0.4, -0.2) is 12.9 Å². The SMILES string of the molecule is O=Cc1ccc(-c2cc3cc(OCC4CC4)ccc3o2)c(F)c1. The summed E-state index contributed by atoms with van der Waals surface area (Å²) in [5.41, 5.74) is 1.32. The van der Waals surface area contributed by atoms with E-state index in [1.165, 1.54) is 18.9 Å². The monoisotopic (exact) mass is 310 g/mol. The summed E-state index contributed by atoms with van der Waals surface area (Å²) in [5, 5.41) is 0.868. The van der Waals surface area contributed by atoms with E-state index in [2.05, 4.69) is 0 Å². The molecule has 2 aromatic carbocycles. The molecule has 116 valence electrons. The van der Waals surface area contributed by atoms with Crippen molar-refractivity contribution in [1.82, 2.24) is 0 Å². The minimum Gasteiger partial charge on any atom is -0.493 e. The topological polar surface area (TPSA) is 39.4 Å². The number of benzene rings is 2. The Labute approximate surface area is 132 Å². The lowest BCUT2D eigenvalue weighted by Crippen LogP contribution is -1.98. The third-order valence-corrected chi connectivity index (χ3v) is 4.07. The molecule has 23 heavy (non-hydrogen) atoms. The number of carbonyl (C=O) groups excluding carboxylic acids is 1. The lowest BCUT2D eigenvalue weighted by atomic mass is 10.1. The molecule has 0 bridgehead atoms. The van der Waals surface area contributed by atoms with E-state index in [4.69, 9.17) is 9.15 Å². The molecule has 1 aliphatic rings. The van der Waals surface area contributed by atoms with Gasteiger partial charge in [-0.3, -0.25) is 4.79 Å². The first-order valence-electron chi connectivity index (χ1n) is 7.64. The van der Waals surface area contributed by atoms with E-state index in [0.29, 0.717) is 34.7 Å². The van der Waals surface area contributed by atoms with Gasteiger partial charge in [-0.1, -0.05) is 6.07 Å². The Kier molecular flexibility index (Phi) is 3.37. The standard InChI is InChI=1S/C19H15FO3/c20-17-7-13(10-21)3-5-16(17)19-9-14-8-15(4-6-18(14)23-19)22-11-12-1-2-12/h3-10,12H,1-2,11H2.